The van der Waals surface area contributed by atoms with Crippen molar-refractivity contribution in [3.8, 4) is 0 Å². The summed E-state index contributed by atoms with van der Waals surface area (Å²) in [5, 5.41) is 2.88. The van der Waals surface area contributed by atoms with Gasteiger partial charge in [0.15, 0.2) is 4.67 Å². The zero-order valence-corrected chi connectivity index (χ0v) is 11.9. The van der Waals surface area contributed by atoms with Crippen LogP contribution in [0.3, 0.4) is 0 Å². The van der Waals surface area contributed by atoms with Crippen molar-refractivity contribution >= 4 is 22.0 Å². The average Bonchev–Trinajstić information content (AvgIpc) is 2.70. The number of halogens is 1. The molecule has 0 saturated carbocycles. The number of urea groups is 1. The topological polar surface area (TPSA) is 45.5 Å². The Morgan fingerprint density at radius 1 is 1.47 bits per heavy atom. The highest BCUT2D eigenvalue weighted by Crippen LogP contribution is 2.15. The molecule has 0 aliphatic carbocycles. The smallest absolute Gasteiger partial charge is 0.317 e. The van der Waals surface area contributed by atoms with E-state index in [2.05, 4.69) is 28.2 Å². The molecule has 0 aliphatic rings. The van der Waals surface area contributed by atoms with E-state index in [-0.39, 0.29) is 6.03 Å². The Morgan fingerprint density at radius 2 is 2.24 bits per heavy atom. The van der Waals surface area contributed by atoms with Gasteiger partial charge in [-0.2, -0.15) is 0 Å². The standard InChI is InChI=1S/C12H19BrN2O2/c1-3-4-5-8-14-12(16)15(2)9-10-6-7-11(13)17-10/h6-7H,3-5,8-9H2,1-2H3,(H,14,16). The highest BCUT2D eigenvalue weighted by molar-refractivity contribution is 9.10. The summed E-state index contributed by atoms with van der Waals surface area (Å²) in [5.41, 5.74) is 0. The normalized spacial score (nSPS) is 10.3. The van der Waals surface area contributed by atoms with Gasteiger partial charge in [0.2, 0.25) is 0 Å². The number of unbranched alkanes of at least 4 members (excludes halogenated alkanes) is 2. The Labute approximate surface area is 110 Å². The van der Waals surface area contributed by atoms with Crippen LogP contribution in [-0.2, 0) is 6.54 Å². The molecule has 0 fully saturated rings. The SMILES string of the molecule is CCCCCNC(=O)N(C)Cc1ccc(Br)o1. The predicted molar refractivity (Wildman–Crippen MR) is 70.8 cm³/mol. The van der Waals surface area contributed by atoms with Gasteiger partial charge in [0, 0.05) is 13.6 Å². The van der Waals surface area contributed by atoms with Crippen LogP contribution in [0.5, 0.6) is 0 Å². The van der Waals surface area contributed by atoms with Gasteiger partial charge in [-0.05, 0) is 34.5 Å². The zero-order valence-electron chi connectivity index (χ0n) is 10.3. The first kappa shape index (κ1) is 14.1. The van der Waals surface area contributed by atoms with Crippen molar-refractivity contribution in [1.29, 1.82) is 0 Å². The lowest BCUT2D eigenvalue weighted by molar-refractivity contribution is 0.202. The molecule has 1 heterocycles. The maximum absolute atomic E-state index is 11.7. The summed E-state index contributed by atoms with van der Waals surface area (Å²) in [7, 11) is 1.76. The molecule has 0 atom stereocenters. The molecule has 0 bridgehead atoms. The third-order valence-electron chi connectivity index (χ3n) is 2.43. The van der Waals surface area contributed by atoms with Gasteiger partial charge >= 0.3 is 6.03 Å². The van der Waals surface area contributed by atoms with Gasteiger partial charge in [0.25, 0.3) is 0 Å². The second-order valence-electron chi connectivity index (χ2n) is 4.00. The van der Waals surface area contributed by atoms with E-state index < -0.39 is 0 Å². The van der Waals surface area contributed by atoms with Crippen LogP contribution in [-0.4, -0.2) is 24.5 Å². The first-order valence-electron chi connectivity index (χ1n) is 5.86. The number of nitrogens with zero attached hydrogens (tertiary/aromatic N) is 1. The van der Waals surface area contributed by atoms with Gasteiger partial charge in [-0.15, -0.1) is 0 Å². The zero-order chi connectivity index (χ0) is 12.7. The number of carbonyl (C=O) groups excluding carboxylic acids is 1. The first-order chi connectivity index (χ1) is 8.13. The number of nitrogens with one attached hydrogen (secondary N) is 1. The Hall–Kier alpha value is -0.970. The van der Waals surface area contributed by atoms with Gasteiger partial charge in [0.1, 0.15) is 5.76 Å². The van der Waals surface area contributed by atoms with E-state index in [1.807, 2.05) is 12.1 Å². The molecular formula is C12H19BrN2O2. The molecule has 0 spiro atoms. The fraction of sp³-hybridized carbons (Fsp3) is 0.583. The van der Waals surface area contributed by atoms with Crippen molar-refractivity contribution in [3.05, 3.63) is 22.6 Å². The van der Waals surface area contributed by atoms with Crippen molar-refractivity contribution in [1.82, 2.24) is 10.2 Å². The maximum Gasteiger partial charge on any atom is 0.317 e. The number of hydrogen-bond acceptors (Lipinski definition) is 2. The molecule has 0 saturated heterocycles. The van der Waals surface area contributed by atoms with Crippen molar-refractivity contribution in [2.75, 3.05) is 13.6 Å². The average molecular weight is 303 g/mol. The van der Waals surface area contributed by atoms with Crippen molar-refractivity contribution in [3.63, 3.8) is 0 Å². The molecule has 1 rings (SSSR count). The van der Waals surface area contributed by atoms with Crippen LogP contribution in [0.25, 0.3) is 0 Å². The second kappa shape index (κ2) is 7.37. The van der Waals surface area contributed by atoms with Crippen LogP contribution in [0.2, 0.25) is 0 Å². The Morgan fingerprint density at radius 3 is 2.82 bits per heavy atom. The molecular weight excluding hydrogens is 284 g/mol. The molecule has 96 valence electrons. The highest BCUT2D eigenvalue weighted by atomic mass is 79.9. The molecule has 2 amide bonds. The van der Waals surface area contributed by atoms with Crippen LogP contribution in [0, 0.1) is 0 Å². The lowest BCUT2D eigenvalue weighted by Gasteiger charge is -2.16. The molecule has 1 aromatic rings. The molecule has 0 aliphatic heterocycles. The quantitative estimate of drug-likeness (QED) is 0.819. The summed E-state index contributed by atoms with van der Waals surface area (Å²) < 4.78 is 6.03. The fourth-order valence-electron chi connectivity index (χ4n) is 1.45. The van der Waals surface area contributed by atoms with Crippen LogP contribution < -0.4 is 5.32 Å². The van der Waals surface area contributed by atoms with Crippen LogP contribution in [0.4, 0.5) is 4.79 Å². The third-order valence-corrected chi connectivity index (χ3v) is 2.85. The van der Waals surface area contributed by atoms with Gasteiger partial charge < -0.3 is 14.6 Å². The first-order valence-corrected chi connectivity index (χ1v) is 6.66. The fourth-order valence-corrected chi connectivity index (χ4v) is 1.79. The van der Waals surface area contributed by atoms with E-state index >= 15 is 0 Å². The van der Waals surface area contributed by atoms with E-state index in [9.17, 15) is 4.79 Å². The van der Waals surface area contributed by atoms with E-state index in [4.69, 9.17) is 4.42 Å². The Kier molecular flexibility index (Phi) is 6.11. The highest BCUT2D eigenvalue weighted by Gasteiger charge is 2.10. The predicted octanol–water partition coefficient (Wildman–Crippen LogP) is 3.37. The summed E-state index contributed by atoms with van der Waals surface area (Å²) in [4.78, 5) is 13.3. The van der Waals surface area contributed by atoms with E-state index in [1.165, 1.54) is 0 Å². The summed E-state index contributed by atoms with van der Waals surface area (Å²) in [6, 6.07) is 3.61. The third kappa shape index (κ3) is 5.26. The van der Waals surface area contributed by atoms with E-state index in [0.717, 1.165) is 31.6 Å². The molecule has 0 aromatic carbocycles. The van der Waals surface area contributed by atoms with E-state index in [1.54, 1.807) is 11.9 Å². The lowest BCUT2D eigenvalue weighted by Crippen LogP contribution is -2.37. The number of furan rings is 1. The van der Waals surface area contributed by atoms with Gasteiger partial charge in [-0.1, -0.05) is 19.8 Å². The largest absolute Gasteiger partial charge is 0.452 e. The molecule has 0 radical (unpaired) electrons. The molecule has 5 heteroatoms. The van der Waals surface area contributed by atoms with Gasteiger partial charge in [-0.25, -0.2) is 4.79 Å². The second-order valence-corrected chi connectivity index (χ2v) is 4.78. The molecule has 17 heavy (non-hydrogen) atoms. The number of amides is 2. The monoisotopic (exact) mass is 302 g/mol. The van der Waals surface area contributed by atoms with Crippen LogP contribution >= 0.6 is 15.9 Å². The summed E-state index contributed by atoms with van der Waals surface area (Å²) in [6.07, 6.45) is 3.34. The van der Waals surface area contributed by atoms with Crippen molar-refractivity contribution < 1.29 is 9.21 Å². The number of rotatable bonds is 6. The van der Waals surface area contributed by atoms with Crippen LogP contribution in [0.15, 0.2) is 21.2 Å². The minimum absolute atomic E-state index is 0.0615. The van der Waals surface area contributed by atoms with Crippen molar-refractivity contribution in [2.45, 2.75) is 32.7 Å². The van der Waals surface area contributed by atoms with E-state index in [0.29, 0.717) is 11.2 Å². The summed E-state index contributed by atoms with van der Waals surface area (Å²) in [6.45, 7) is 3.35. The Balaban J connectivity index is 2.27. The summed E-state index contributed by atoms with van der Waals surface area (Å²) >= 11 is 3.23. The Bertz CT molecular complexity index is 352. The molecule has 1 aromatic heterocycles. The van der Waals surface area contributed by atoms with Gasteiger partial charge in [-0.3, -0.25) is 0 Å². The van der Waals surface area contributed by atoms with Crippen molar-refractivity contribution in [2.24, 2.45) is 0 Å². The lowest BCUT2D eigenvalue weighted by atomic mass is 10.2. The molecule has 0 unspecified atom stereocenters. The molecule has 1 N–H and O–H groups in total. The minimum Gasteiger partial charge on any atom is -0.452 e. The number of carbonyl (C=O) groups is 1. The summed E-state index contributed by atoms with van der Waals surface area (Å²) in [5.74, 6) is 0.767. The van der Waals surface area contributed by atoms with Gasteiger partial charge in [0.05, 0.1) is 6.54 Å². The van der Waals surface area contributed by atoms with Crippen LogP contribution in [0.1, 0.15) is 31.9 Å². The minimum atomic E-state index is -0.0615. The molecule has 4 nitrogen and oxygen atoms in total. The maximum atomic E-state index is 11.7. The number of hydrogen-bond donors (Lipinski definition) is 1.